The van der Waals surface area contributed by atoms with Crippen LogP contribution in [0.1, 0.15) is 42.1 Å². The first-order valence-corrected chi connectivity index (χ1v) is 14.0. The minimum Gasteiger partial charge on any atom is -0.496 e. The van der Waals surface area contributed by atoms with Gasteiger partial charge in [-0.25, -0.2) is 19.3 Å². The molecule has 0 bridgehead atoms. The van der Waals surface area contributed by atoms with Gasteiger partial charge in [-0.15, -0.1) is 0 Å². The number of carbonyl (C=O) groups is 1. The average Bonchev–Trinajstić information content (AvgIpc) is 3.51. The summed E-state index contributed by atoms with van der Waals surface area (Å²) in [7, 11) is 1.40. The molecule has 2 aliphatic heterocycles. The van der Waals surface area contributed by atoms with Crippen LogP contribution in [0.2, 0.25) is 0 Å². The van der Waals surface area contributed by atoms with Gasteiger partial charge in [-0.1, -0.05) is 0 Å². The SMILES string of the molecule is COc1cc(C=O)cc(F)c1-c1nccc(Nc2cc(N3CCC[C@H](O)C3)c(-c3cnn(C4CCOCC4)c3)cn2)n1. The Hall–Kier alpha value is -4.42. The Kier molecular flexibility index (Phi) is 8.06. The molecule has 0 aliphatic carbocycles. The predicted molar refractivity (Wildman–Crippen MR) is 155 cm³/mol. The van der Waals surface area contributed by atoms with E-state index in [-0.39, 0.29) is 22.7 Å². The van der Waals surface area contributed by atoms with Crippen LogP contribution in [-0.2, 0) is 4.74 Å². The van der Waals surface area contributed by atoms with Crippen molar-refractivity contribution in [3.8, 4) is 28.3 Å². The third-order valence-electron chi connectivity index (χ3n) is 7.66. The number of β-amino-alcohol motifs (C(OH)–C–C–N with tert-alkyl or cyclic N) is 1. The number of pyridine rings is 1. The zero-order chi connectivity index (χ0) is 29.1. The molecule has 2 N–H and O–H groups in total. The van der Waals surface area contributed by atoms with Gasteiger partial charge >= 0.3 is 0 Å². The van der Waals surface area contributed by atoms with Crippen molar-refractivity contribution in [2.24, 2.45) is 0 Å². The van der Waals surface area contributed by atoms with Gasteiger partial charge in [0.05, 0.1) is 36.7 Å². The summed E-state index contributed by atoms with van der Waals surface area (Å²) in [4.78, 5) is 26.8. The van der Waals surface area contributed by atoms with E-state index >= 15 is 0 Å². The molecule has 12 heteroatoms. The average molecular weight is 574 g/mol. The van der Waals surface area contributed by atoms with Crippen LogP contribution in [0.3, 0.4) is 0 Å². The van der Waals surface area contributed by atoms with Gasteiger partial charge in [-0.2, -0.15) is 5.10 Å². The van der Waals surface area contributed by atoms with Crippen molar-refractivity contribution in [1.82, 2.24) is 24.7 Å². The van der Waals surface area contributed by atoms with Crippen molar-refractivity contribution in [3.05, 3.63) is 60.4 Å². The number of aliphatic hydroxyl groups is 1. The molecule has 2 aliphatic rings. The molecule has 5 heterocycles. The number of hydrogen-bond donors (Lipinski definition) is 2. The fourth-order valence-corrected chi connectivity index (χ4v) is 5.52. The fourth-order valence-electron chi connectivity index (χ4n) is 5.52. The smallest absolute Gasteiger partial charge is 0.168 e. The summed E-state index contributed by atoms with van der Waals surface area (Å²) in [5.41, 5.74) is 2.99. The van der Waals surface area contributed by atoms with Crippen molar-refractivity contribution in [2.45, 2.75) is 37.8 Å². The summed E-state index contributed by atoms with van der Waals surface area (Å²) in [6, 6.07) is 6.45. The summed E-state index contributed by atoms with van der Waals surface area (Å²) in [6.45, 7) is 2.77. The molecule has 1 aromatic carbocycles. The summed E-state index contributed by atoms with van der Waals surface area (Å²) in [6.07, 6.45) is 10.8. The molecule has 0 saturated carbocycles. The topological polar surface area (TPSA) is 128 Å². The summed E-state index contributed by atoms with van der Waals surface area (Å²) in [5, 5.41) is 18.3. The number of methoxy groups -OCH3 is 1. The standard InChI is InChI=1S/C30H32FN7O4/c1-41-26-12-19(18-39)11-24(31)29(26)30-32-7-4-27(36-30)35-28-13-25(37-8-2-3-22(40)17-37)23(15-33-28)20-14-34-38(16-20)21-5-9-42-10-6-21/h4,7,11-16,18,21-22,40H,2-3,5-6,8-10,17H2,1H3,(H,32,33,35,36)/t22-/m0/s1. The minimum absolute atomic E-state index is 0.0552. The second-order valence-corrected chi connectivity index (χ2v) is 10.5. The molecule has 42 heavy (non-hydrogen) atoms. The number of carbonyl (C=O) groups excluding carboxylic acids is 1. The van der Waals surface area contributed by atoms with Gasteiger partial charge in [0.25, 0.3) is 0 Å². The second-order valence-electron chi connectivity index (χ2n) is 10.5. The number of piperidine rings is 1. The molecule has 0 unspecified atom stereocenters. The van der Waals surface area contributed by atoms with Crippen molar-refractivity contribution in [2.75, 3.05) is 43.6 Å². The third-order valence-corrected chi connectivity index (χ3v) is 7.66. The lowest BCUT2D eigenvalue weighted by atomic mass is 10.0. The van der Waals surface area contributed by atoms with Gasteiger partial charge in [0.1, 0.15) is 29.5 Å². The van der Waals surface area contributed by atoms with Crippen LogP contribution >= 0.6 is 0 Å². The number of hydrogen-bond acceptors (Lipinski definition) is 10. The first kappa shape index (κ1) is 27.7. The number of aldehydes is 1. The number of nitrogens with zero attached hydrogens (tertiary/aromatic N) is 6. The summed E-state index contributed by atoms with van der Waals surface area (Å²) >= 11 is 0. The highest BCUT2D eigenvalue weighted by molar-refractivity contribution is 5.81. The molecule has 0 spiro atoms. The summed E-state index contributed by atoms with van der Waals surface area (Å²) in [5.74, 6) is 0.521. The Morgan fingerprint density at radius 2 is 2.00 bits per heavy atom. The Labute approximate surface area is 242 Å². The number of aliphatic hydroxyl groups excluding tert-OH is 1. The number of anilines is 3. The Morgan fingerprint density at radius 3 is 2.79 bits per heavy atom. The maximum atomic E-state index is 15.0. The van der Waals surface area contributed by atoms with E-state index < -0.39 is 11.9 Å². The molecule has 2 fully saturated rings. The van der Waals surface area contributed by atoms with Gasteiger partial charge < -0.3 is 24.8 Å². The van der Waals surface area contributed by atoms with Gasteiger partial charge in [-0.05, 0) is 43.9 Å². The van der Waals surface area contributed by atoms with Crippen LogP contribution in [0.4, 0.5) is 21.7 Å². The summed E-state index contributed by atoms with van der Waals surface area (Å²) < 4.78 is 27.8. The highest BCUT2D eigenvalue weighted by atomic mass is 19.1. The van der Waals surface area contributed by atoms with Crippen molar-refractivity contribution < 1.29 is 23.8 Å². The fraction of sp³-hybridized carbons (Fsp3) is 0.367. The first-order chi connectivity index (χ1) is 20.5. The normalized spacial score (nSPS) is 17.7. The Morgan fingerprint density at radius 1 is 1.14 bits per heavy atom. The van der Waals surface area contributed by atoms with E-state index in [1.807, 2.05) is 16.9 Å². The number of aromatic nitrogens is 5. The van der Waals surface area contributed by atoms with Crippen molar-refractivity contribution >= 4 is 23.6 Å². The molecule has 2 saturated heterocycles. The molecule has 1 atom stereocenters. The second kappa shape index (κ2) is 12.2. The third kappa shape index (κ3) is 5.81. The Balaban J connectivity index is 1.32. The minimum atomic E-state index is -0.664. The number of benzene rings is 1. The number of rotatable bonds is 8. The van der Waals surface area contributed by atoms with Crippen molar-refractivity contribution in [3.63, 3.8) is 0 Å². The van der Waals surface area contributed by atoms with E-state index in [2.05, 4.69) is 36.5 Å². The number of nitrogens with one attached hydrogen (secondary N) is 1. The quantitative estimate of drug-likeness (QED) is 0.293. The molecule has 0 amide bonds. The Bertz CT molecular complexity index is 1570. The molecule has 218 valence electrons. The van der Waals surface area contributed by atoms with Gasteiger partial charge in [0.15, 0.2) is 5.82 Å². The van der Waals surface area contributed by atoms with Crippen LogP contribution in [-0.4, -0.2) is 75.6 Å². The maximum Gasteiger partial charge on any atom is 0.168 e. The van der Waals surface area contributed by atoms with Gasteiger partial charge in [0.2, 0.25) is 0 Å². The highest BCUT2D eigenvalue weighted by Gasteiger charge is 2.24. The van der Waals surface area contributed by atoms with Crippen LogP contribution in [0.15, 0.2) is 49.1 Å². The lowest BCUT2D eigenvalue weighted by molar-refractivity contribution is 0.0662. The molecular formula is C30H32FN7O4. The zero-order valence-corrected chi connectivity index (χ0v) is 23.2. The van der Waals surface area contributed by atoms with E-state index in [9.17, 15) is 14.3 Å². The lowest BCUT2D eigenvalue weighted by Gasteiger charge is -2.33. The van der Waals surface area contributed by atoms with Gasteiger partial charge in [-0.3, -0.25) is 9.48 Å². The zero-order valence-electron chi connectivity index (χ0n) is 23.2. The molecule has 0 radical (unpaired) electrons. The van der Waals surface area contributed by atoms with Crippen LogP contribution in [0.5, 0.6) is 5.75 Å². The van der Waals surface area contributed by atoms with Crippen molar-refractivity contribution in [1.29, 1.82) is 0 Å². The number of ether oxygens (including phenoxy) is 2. The highest BCUT2D eigenvalue weighted by Crippen LogP contribution is 2.36. The molecule has 4 aromatic rings. The molecule has 6 rings (SSSR count). The largest absolute Gasteiger partial charge is 0.496 e. The number of halogens is 1. The van der Waals surface area contributed by atoms with E-state index in [0.29, 0.717) is 30.5 Å². The predicted octanol–water partition coefficient (Wildman–Crippen LogP) is 4.42. The van der Waals surface area contributed by atoms with E-state index in [1.165, 1.54) is 19.4 Å². The van der Waals surface area contributed by atoms with E-state index in [1.54, 1.807) is 12.3 Å². The lowest BCUT2D eigenvalue weighted by Crippen LogP contribution is -2.38. The van der Waals surface area contributed by atoms with E-state index in [4.69, 9.17) is 9.47 Å². The molecular weight excluding hydrogens is 541 g/mol. The van der Waals surface area contributed by atoms with Gasteiger partial charge in [0, 0.05) is 67.7 Å². The molecule has 3 aromatic heterocycles. The van der Waals surface area contributed by atoms with Crippen LogP contribution < -0.4 is 15.0 Å². The van der Waals surface area contributed by atoms with Crippen LogP contribution in [0, 0.1) is 5.82 Å². The van der Waals surface area contributed by atoms with Crippen LogP contribution in [0.25, 0.3) is 22.5 Å². The monoisotopic (exact) mass is 573 g/mol. The van der Waals surface area contributed by atoms with E-state index in [0.717, 1.165) is 68.3 Å². The first-order valence-electron chi connectivity index (χ1n) is 14.0. The molecule has 11 nitrogen and oxygen atoms in total. The maximum absolute atomic E-state index is 15.0.